The first kappa shape index (κ1) is 13.7. The van der Waals surface area contributed by atoms with Crippen LogP contribution in [0.2, 0.25) is 0 Å². The summed E-state index contributed by atoms with van der Waals surface area (Å²) >= 11 is 0. The Morgan fingerprint density at radius 2 is 2.22 bits per heavy atom. The van der Waals surface area contributed by atoms with Gasteiger partial charge in [0.2, 0.25) is 0 Å². The van der Waals surface area contributed by atoms with Gasteiger partial charge in [-0.3, -0.25) is 10.1 Å². The van der Waals surface area contributed by atoms with Gasteiger partial charge < -0.3 is 15.2 Å². The van der Waals surface area contributed by atoms with Crippen LogP contribution >= 0.6 is 0 Å². The van der Waals surface area contributed by atoms with Gasteiger partial charge in [0.1, 0.15) is 12.1 Å². The summed E-state index contributed by atoms with van der Waals surface area (Å²) in [5.74, 6) is 0.521. The van der Waals surface area contributed by atoms with Crippen molar-refractivity contribution in [3.05, 3.63) is 28.3 Å². The van der Waals surface area contributed by atoms with Crippen LogP contribution in [0.1, 0.15) is 6.92 Å². The van der Waals surface area contributed by atoms with Crippen molar-refractivity contribution in [1.82, 2.24) is 0 Å². The van der Waals surface area contributed by atoms with Crippen molar-refractivity contribution in [3.8, 4) is 17.6 Å². The number of nitro groups is 1. The zero-order valence-electron chi connectivity index (χ0n) is 10.0. The lowest BCUT2D eigenvalue weighted by Crippen LogP contribution is -2.40. The average molecular weight is 251 g/mol. The second kappa shape index (κ2) is 5.33. The number of methoxy groups -OCH3 is 1. The Kier molecular flexibility index (Phi) is 4.07. The molecule has 0 saturated carbocycles. The van der Waals surface area contributed by atoms with Gasteiger partial charge in [-0.25, -0.2) is 0 Å². The first-order chi connectivity index (χ1) is 8.39. The minimum Gasteiger partial charge on any atom is -0.493 e. The summed E-state index contributed by atoms with van der Waals surface area (Å²) in [5.41, 5.74) is 4.30. The topological polar surface area (TPSA) is 111 Å². The van der Waals surface area contributed by atoms with E-state index in [4.69, 9.17) is 20.5 Å². The molecule has 7 nitrogen and oxygen atoms in total. The number of nitro benzene ring substituents is 1. The molecule has 2 N–H and O–H groups in total. The monoisotopic (exact) mass is 251 g/mol. The van der Waals surface area contributed by atoms with E-state index in [0.717, 1.165) is 0 Å². The minimum atomic E-state index is -1.17. The van der Waals surface area contributed by atoms with E-state index < -0.39 is 10.5 Å². The summed E-state index contributed by atoms with van der Waals surface area (Å²) in [6.07, 6.45) is 0. The van der Waals surface area contributed by atoms with Crippen LogP contribution in [0.15, 0.2) is 18.2 Å². The van der Waals surface area contributed by atoms with Gasteiger partial charge in [0.25, 0.3) is 5.69 Å². The maximum absolute atomic E-state index is 10.6. The third-order valence-corrected chi connectivity index (χ3v) is 2.14. The van der Waals surface area contributed by atoms with E-state index in [2.05, 4.69) is 0 Å². The molecule has 0 saturated heterocycles. The van der Waals surface area contributed by atoms with E-state index in [1.807, 2.05) is 6.07 Å². The van der Waals surface area contributed by atoms with Gasteiger partial charge >= 0.3 is 0 Å². The van der Waals surface area contributed by atoms with Crippen molar-refractivity contribution in [2.24, 2.45) is 5.73 Å². The highest BCUT2D eigenvalue weighted by atomic mass is 16.6. The molecule has 0 fully saturated rings. The summed E-state index contributed by atoms with van der Waals surface area (Å²) < 4.78 is 10.3. The maximum atomic E-state index is 10.6. The number of nitrogens with zero attached hydrogens (tertiary/aromatic N) is 2. The first-order valence-electron chi connectivity index (χ1n) is 5.05. The van der Waals surface area contributed by atoms with E-state index in [9.17, 15) is 10.1 Å². The van der Waals surface area contributed by atoms with Crippen LogP contribution in [-0.4, -0.2) is 24.2 Å². The number of ether oxygens (including phenoxy) is 2. The minimum absolute atomic E-state index is 0.0962. The van der Waals surface area contributed by atoms with Gasteiger partial charge in [-0.1, -0.05) is 0 Å². The zero-order valence-corrected chi connectivity index (χ0v) is 10.0. The van der Waals surface area contributed by atoms with Crippen LogP contribution in [0.25, 0.3) is 0 Å². The molecule has 1 aromatic rings. The molecule has 0 aliphatic carbocycles. The Bertz CT molecular complexity index is 494. The molecule has 1 rings (SSSR count). The zero-order chi connectivity index (χ0) is 13.8. The number of rotatable bonds is 5. The van der Waals surface area contributed by atoms with Crippen molar-refractivity contribution >= 4 is 5.69 Å². The molecule has 0 radical (unpaired) electrons. The molecule has 0 aliphatic heterocycles. The fourth-order valence-corrected chi connectivity index (χ4v) is 1.15. The quantitative estimate of drug-likeness (QED) is 0.622. The number of hydrogen-bond acceptors (Lipinski definition) is 6. The predicted octanol–water partition coefficient (Wildman–Crippen LogP) is 1.22. The molecule has 0 aliphatic rings. The second-order valence-electron chi connectivity index (χ2n) is 3.91. The van der Waals surface area contributed by atoms with Gasteiger partial charge in [0.05, 0.1) is 24.2 Å². The van der Waals surface area contributed by atoms with Gasteiger partial charge in [0, 0.05) is 6.07 Å². The smallest absolute Gasteiger partial charge is 0.273 e. The van der Waals surface area contributed by atoms with E-state index in [1.54, 1.807) is 0 Å². The summed E-state index contributed by atoms with van der Waals surface area (Å²) in [6.45, 7) is 1.40. The largest absolute Gasteiger partial charge is 0.493 e. The predicted molar refractivity (Wildman–Crippen MR) is 63.3 cm³/mol. The Labute approximate surface area is 104 Å². The number of nitrogens with two attached hydrogens (primary N) is 1. The lowest BCUT2D eigenvalue weighted by atomic mass is 10.1. The standard InChI is InChI=1S/C11H13N3O4/c1-11(13,6-12)7-18-10-5-8(14(15)16)3-4-9(10)17-2/h3-5H,7,13H2,1-2H3. The maximum Gasteiger partial charge on any atom is 0.273 e. The molecule has 0 bridgehead atoms. The van der Waals surface area contributed by atoms with Crippen LogP contribution in [0.4, 0.5) is 5.69 Å². The summed E-state index contributed by atoms with van der Waals surface area (Å²) in [6, 6.07) is 5.82. The Balaban J connectivity index is 2.96. The fraction of sp³-hybridized carbons (Fsp3) is 0.364. The molecule has 96 valence electrons. The summed E-state index contributed by atoms with van der Waals surface area (Å²) in [7, 11) is 1.42. The molecule has 0 heterocycles. The van der Waals surface area contributed by atoms with Crippen LogP contribution in [0, 0.1) is 21.4 Å². The summed E-state index contributed by atoms with van der Waals surface area (Å²) in [5, 5.41) is 19.4. The third kappa shape index (κ3) is 3.33. The van der Waals surface area contributed by atoms with Gasteiger partial charge in [-0.2, -0.15) is 5.26 Å². The number of nitriles is 1. The van der Waals surface area contributed by atoms with Crippen LogP contribution in [0.5, 0.6) is 11.5 Å². The molecule has 1 aromatic carbocycles. The molecule has 7 heteroatoms. The van der Waals surface area contributed by atoms with Crippen LogP contribution in [-0.2, 0) is 0 Å². The molecule has 18 heavy (non-hydrogen) atoms. The van der Waals surface area contributed by atoms with E-state index in [0.29, 0.717) is 5.75 Å². The molecule has 0 amide bonds. The van der Waals surface area contributed by atoms with Crippen molar-refractivity contribution in [3.63, 3.8) is 0 Å². The lowest BCUT2D eigenvalue weighted by molar-refractivity contribution is -0.385. The second-order valence-corrected chi connectivity index (χ2v) is 3.91. The highest BCUT2D eigenvalue weighted by Gasteiger charge is 2.20. The van der Waals surface area contributed by atoms with Crippen molar-refractivity contribution in [2.75, 3.05) is 13.7 Å². The number of benzene rings is 1. The van der Waals surface area contributed by atoms with E-state index in [-0.39, 0.29) is 18.0 Å². The molecular formula is C11H13N3O4. The normalized spacial score (nSPS) is 13.2. The average Bonchev–Trinajstić information content (AvgIpc) is 2.36. The molecule has 1 unspecified atom stereocenters. The lowest BCUT2D eigenvalue weighted by Gasteiger charge is -2.17. The SMILES string of the molecule is COc1ccc([N+](=O)[O-])cc1OCC(C)(N)C#N. The fourth-order valence-electron chi connectivity index (χ4n) is 1.15. The summed E-state index contributed by atoms with van der Waals surface area (Å²) in [4.78, 5) is 10.1. The highest BCUT2D eigenvalue weighted by Crippen LogP contribution is 2.31. The number of non-ortho nitro benzene ring substituents is 1. The number of hydrogen-bond donors (Lipinski definition) is 1. The van der Waals surface area contributed by atoms with E-state index >= 15 is 0 Å². The Hall–Kier alpha value is -2.33. The van der Waals surface area contributed by atoms with Crippen LogP contribution in [0.3, 0.4) is 0 Å². The van der Waals surface area contributed by atoms with Gasteiger partial charge in [0.15, 0.2) is 11.5 Å². The molecule has 1 atom stereocenters. The Morgan fingerprint density at radius 1 is 1.56 bits per heavy atom. The highest BCUT2D eigenvalue weighted by molar-refractivity contribution is 5.48. The van der Waals surface area contributed by atoms with Crippen molar-refractivity contribution < 1.29 is 14.4 Å². The van der Waals surface area contributed by atoms with Crippen LogP contribution < -0.4 is 15.2 Å². The molecular weight excluding hydrogens is 238 g/mol. The van der Waals surface area contributed by atoms with E-state index in [1.165, 1.54) is 32.2 Å². The third-order valence-electron chi connectivity index (χ3n) is 2.14. The molecule has 0 spiro atoms. The van der Waals surface area contributed by atoms with Gasteiger partial charge in [-0.15, -0.1) is 0 Å². The molecule has 0 aromatic heterocycles. The Morgan fingerprint density at radius 3 is 2.72 bits per heavy atom. The van der Waals surface area contributed by atoms with Crippen molar-refractivity contribution in [2.45, 2.75) is 12.5 Å². The first-order valence-corrected chi connectivity index (χ1v) is 5.05. The van der Waals surface area contributed by atoms with Gasteiger partial charge in [-0.05, 0) is 13.0 Å². The van der Waals surface area contributed by atoms with Crippen molar-refractivity contribution in [1.29, 1.82) is 5.26 Å².